The summed E-state index contributed by atoms with van der Waals surface area (Å²) in [5, 5.41) is 16.6. The van der Waals surface area contributed by atoms with Crippen molar-refractivity contribution in [3.63, 3.8) is 0 Å². The fraction of sp³-hybridized carbons (Fsp3) is 0.500. The van der Waals surface area contributed by atoms with E-state index in [1.807, 2.05) is 32.0 Å². The van der Waals surface area contributed by atoms with E-state index in [2.05, 4.69) is 10.6 Å². The molecule has 0 aliphatic heterocycles. The normalized spacial score (nSPS) is 14.8. The van der Waals surface area contributed by atoms with E-state index in [1.54, 1.807) is 6.92 Å². The minimum atomic E-state index is -1.04. The molecule has 0 aromatic heterocycles. The Hall–Kier alpha value is -0.610. The zero-order chi connectivity index (χ0) is 12.2. The standard InChI is InChI=1S/C12H19ClN2O/c1-4-14-12(3,16)15-8-10-5-6-11(13)9(2)7-10/h5-7,14-16H,4,8H2,1-3H3. The molecule has 4 heteroatoms. The van der Waals surface area contributed by atoms with E-state index in [0.717, 1.165) is 16.1 Å². The predicted octanol–water partition coefficient (Wildman–Crippen LogP) is 2.01. The molecule has 0 saturated carbocycles. The van der Waals surface area contributed by atoms with Crippen LogP contribution in [0, 0.1) is 6.92 Å². The second-order valence-electron chi connectivity index (χ2n) is 4.04. The van der Waals surface area contributed by atoms with Crippen molar-refractivity contribution in [1.29, 1.82) is 0 Å². The Morgan fingerprint density at radius 2 is 2.06 bits per heavy atom. The van der Waals surface area contributed by atoms with Crippen LogP contribution in [0.25, 0.3) is 0 Å². The van der Waals surface area contributed by atoms with Crippen LogP contribution in [-0.2, 0) is 6.54 Å². The molecule has 3 N–H and O–H groups in total. The molecule has 1 unspecified atom stereocenters. The first kappa shape index (κ1) is 13.5. The average Bonchev–Trinajstić information content (AvgIpc) is 2.20. The Morgan fingerprint density at radius 3 is 2.62 bits per heavy atom. The lowest BCUT2D eigenvalue weighted by Crippen LogP contribution is -2.53. The van der Waals surface area contributed by atoms with Gasteiger partial charge in [-0.3, -0.25) is 10.6 Å². The molecule has 1 aromatic rings. The summed E-state index contributed by atoms with van der Waals surface area (Å²) in [5.41, 5.74) is 2.14. The second kappa shape index (κ2) is 5.64. The van der Waals surface area contributed by atoms with E-state index in [0.29, 0.717) is 13.1 Å². The second-order valence-corrected chi connectivity index (χ2v) is 4.45. The van der Waals surface area contributed by atoms with Crippen LogP contribution in [0.1, 0.15) is 25.0 Å². The quantitative estimate of drug-likeness (QED) is 0.693. The summed E-state index contributed by atoms with van der Waals surface area (Å²) < 4.78 is 0. The van der Waals surface area contributed by atoms with Crippen LogP contribution in [0.4, 0.5) is 0 Å². The molecule has 1 rings (SSSR count). The molecule has 0 radical (unpaired) electrons. The molecule has 1 aromatic carbocycles. The van der Waals surface area contributed by atoms with Crippen molar-refractivity contribution < 1.29 is 5.11 Å². The topological polar surface area (TPSA) is 44.3 Å². The number of halogens is 1. The van der Waals surface area contributed by atoms with Crippen molar-refractivity contribution in [3.8, 4) is 0 Å². The van der Waals surface area contributed by atoms with Crippen LogP contribution in [0.2, 0.25) is 5.02 Å². The molecular formula is C12H19ClN2O. The first-order chi connectivity index (χ1) is 7.44. The Kier molecular flexibility index (Phi) is 4.74. The largest absolute Gasteiger partial charge is 0.363 e. The van der Waals surface area contributed by atoms with Gasteiger partial charge in [0, 0.05) is 11.6 Å². The maximum atomic E-state index is 9.85. The SMILES string of the molecule is CCNC(C)(O)NCc1ccc(Cl)c(C)c1. The van der Waals surface area contributed by atoms with Crippen LogP contribution >= 0.6 is 11.6 Å². The van der Waals surface area contributed by atoms with Crippen molar-refractivity contribution in [1.82, 2.24) is 10.6 Å². The molecule has 0 bridgehead atoms. The highest BCUT2D eigenvalue weighted by Crippen LogP contribution is 2.16. The van der Waals surface area contributed by atoms with E-state index in [4.69, 9.17) is 11.6 Å². The molecule has 0 amide bonds. The minimum absolute atomic E-state index is 0.595. The van der Waals surface area contributed by atoms with E-state index in [-0.39, 0.29) is 0 Å². The van der Waals surface area contributed by atoms with Gasteiger partial charge in [0.2, 0.25) is 0 Å². The molecule has 0 spiro atoms. The van der Waals surface area contributed by atoms with E-state index >= 15 is 0 Å². The highest BCUT2D eigenvalue weighted by Gasteiger charge is 2.16. The summed E-state index contributed by atoms with van der Waals surface area (Å²) >= 11 is 5.94. The van der Waals surface area contributed by atoms with Gasteiger partial charge in [-0.2, -0.15) is 0 Å². The van der Waals surface area contributed by atoms with Gasteiger partial charge in [-0.1, -0.05) is 30.7 Å². The summed E-state index contributed by atoms with van der Waals surface area (Å²) in [7, 11) is 0. The fourth-order valence-electron chi connectivity index (χ4n) is 1.50. The van der Waals surface area contributed by atoms with Gasteiger partial charge in [-0.25, -0.2) is 0 Å². The van der Waals surface area contributed by atoms with Crippen LogP contribution in [-0.4, -0.2) is 17.5 Å². The third-order valence-corrected chi connectivity index (χ3v) is 2.80. The number of hydrogen-bond donors (Lipinski definition) is 3. The third kappa shape index (κ3) is 4.10. The maximum Gasteiger partial charge on any atom is 0.169 e. The van der Waals surface area contributed by atoms with Crippen molar-refractivity contribution in [3.05, 3.63) is 34.3 Å². The smallest absolute Gasteiger partial charge is 0.169 e. The lowest BCUT2D eigenvalue weighted by Gasteiger charge is -2.25. The Balaban J connectivity index is 2.57. The van der Waals surface area contributed by atoms with Gasteiger partial charge in [0.1, 0.15) is 0 Å². The fourth-order valence-corrected chi connectivity index (χ4v) is 1.62. The van der Waals surface area contributed by atoms with Gasteiger partial charge in [0.05, 0.1) is 0 Å². The van der Waals surface area contributed by atoms with Crippen LogP contribution in [0.5, 0.6) is 0 Å². The molecule has 0 heterocycles. The molecule has 1 atom stereocenters. The maximum absolute atomic E-state index is 9.85. The summed E-state index contributed by atoms with van der Waals surface area (Å²) in [4.78, 5) is 0. The lowest BCUT2D eigenvalue weighted by atomic mass is 10.1. The number of benzene rings is 1. The third-order valence-electron chi connectivity index (χ3n) is 2.38. The van der Waals surface area contributed by atoms with Gasteiger partial charge in [0.25, 0.3) is 0 Å². The van der Waals surface area contributed by atoms with Crippen molar-refractivity contribution >= 4 is 11.6 Å². The van der Waals surface area contributed by atoms with E-state index < -0.39 is 5.85 Å². The molecule has 0 fully saturated rings. The van der Waals surface area contributed by atoms with Crippen molar-refractivity contribution in [2.75, 3.05) is 6.54 Å². The number of rotatable bonds is 5. The van der Waals surface area contributed by atoms with Gasteiger partial charge >= 0.3 is 0 Å². The summed E-state index contributed by atoms with van der Waals surface area (Å²) in [6.45, 7) is 6.91. The number of nitrogens with one attached hydrogen (secondary N) is 2. The molecule has 3 nitrogen and oxygen atoms in total. The lowest BCUT2D eigenvalue weighted by molar-refractivity contribution is -0.0100. The van der Waals surface area contributed by atoms with Gasteiger partial charge < -0.3 is 5.11 Å². The van der Waals surface area contributed by atoms with Gasteiger partial charge in [-0.15, -0.1) is 0 Å². The van der Waals surface area contributed by atoms with E-state index in [9.17, 15) is 5.11 Å². The number of aryl methyl sites for hydroxylation is 1. The minimum Gasteiger partial charge on any atom is -0.363 e. The first-order valence-corrected chi connectivity index (χ1v) is 5.80. The highest BCUT2D eigenvalue weighted by molar-refractivity contribution is 6.31. The van der Waals surface area contributed by atoms with Gasteiger partial charge in [-0.05, 0) is 37.6 Å². The summed E-state index contributed by atoms with van der Waals surface area (Å²) in [6, 6.07) is 5.83. The highest BCUT2D eigenvalue weighted by atomic mass is 35.5. The first-order valence-electron chi connectivity index (χ1n) is 5.42. The van der Waals surface area contributed by atoms with Crippen molar-refractivity contribution in [2.24, 2.45) is 0 Å². The number of aliphatic hydroxyl groups is 1. The summed E-state index contributed by atoms with van der Waals surface area (Å²) in [5.74, 6) is -1.04. The Morgan fingerprint density at radius 1 is 1.38 bits per heavy atom. The summed E-state index contributed by atoms with van der Waals surface area (Å²) in [6.07, 6.45) is 0. The number of hydrogen-bond acceptors (Lipinski definition) is 3. The van der Waals surface area contributed by atoms with E-state index in [1.165, 1.54) is 0 Å². The molecular weight excluding hydrogens is 224 g/mol. The molecule has 0 aliphatic carbocycles. The Labute approximate surface area is 102 Å². The van der Waals surface area contributed by atoms with Crippen LogP contribution in [0.3, 0.4) is 0 Å². The van der Waals surface area contributed by atoms with Crippen molar-refractivity contribution in [2.45, 2.75) is 33.2 Å². The molecule has 0 aliphatic rings. The van der Waals surface area contributed by atoms with Crippen LogP contribution in [0.15, 0.2) is 18.2 Å². The zero-order valence-electron chi connectivity index (χ0n) is 9.97. The molecule has 0 saturated heterocycles. The van der Waals surface area contributed by atoms with Gasteiger partial charge in [0.15, 0.2) is 5.85 Å². The molecule has 16 heavy (non-hydrogen) atoms. The van der Waals surface area contributed by atoms with Crippen LogP contribution < -0.4 is 10.6 Å². The Bertz CT molecular complexity index is 353. The average molecular weight is 243 g/mol. The predicted molar refractivity (Wildman–Crippen MR) is 67.3 cm³/mol. The monoisotopic (exact) mass is 242 g/mol. The zero-order valence-corrected chi connectivity index (χ0v) is 10.7. The molecule has 90 valence electrons.